The number of phenols is 1. The van der Waals surface area contributed by atoms with Gasteiger partial charge in [-0.15, -0.1) is 0 Å². The second-order valence-corrected chi connectivity index (χ2v) is 6.66. The van der Waals surface area contributed by atoms with Crippen LogP contribution in [0, 0.1) is 13.8 Å². The van der Waals surface area contributed by atoms with Crippen molar-refractivity contribution in [3.8, 4) is 5.75 Å². The minimum Gasteiger partial charge on any atom is -0.508 e. The molecule has 0 aliphatic rings. The summed E-state index contributed by atoms with van der Waals surface area (Å²) in [7, 11) is 3.32. The van der Waals surface area contributed by atoms with E-state index in [1.165, 1.54) is 16.7 Å². The quantitative estimate of drug-likeness (QED) is 0.757. The van der Waals surface area contributed by atoms with Crippen molar-refractivity contribution in [3.63, 3.8) is 0 Å². The number of benzene rings is 2. The van der Waals surface area contributed by atoms with E-state index in [9.17, 15) is 5.11 Å². The fourth-order valence-corrected chi connectivity index (χ4v) is 3.25. The Morgan fingerprint density at radius 1 is 0.917 bits per heavy atom. The third-order valence-electron chi connectivity index (χ3n) is 4.52. The van der Waals surface area contributed by atoms with Gasteiger partial charge in [0.25, 0.3) is 0 Å². The molecule has 0 amide bonds. The average Bonchev–Trinajstić information content (AvgIpc) is 2.52. The largest absolute Gasteiger partial charge is 0.508 e. The molecular weight excluding hydrogens is 300 g/mol. The summed E-state index contributed by atoms with van der Waals surface area (Å²) in [5.74, 6) is 0.713. The molecule has 3 heteroatoms. The fraction of sp³-hybridized carbons (Fsp3) is 0.429. The molecule has 0 radical (unpaired) electrons. The lowest BCUT2D eigenvalue weighted by molar-refractivity contribution is -0.106. The fourth-order valence-electron chi connectivity index (χ4n) is 3.25. The highest BCUT2D eigenvalue weighted by Crippen LogP contribution is 2.30. The van der Waals surface area contributed by atoms with Crippen molar-refractivity contribution < 1.29 is 14.6 Å². The Balaban J connectivity index is 2.41. The Labute approximate surface area is 145 Å². The van der Waals surface area contributed by atoms with Crippen molar-refractivity contribution in [2.24, 2.45) is 0 Å². The molecule has 2 aromatic carbocycles. The van der Waals surface area contributed by atoms with Gasteiger partial charge in [-0.05, 0) is 66.1 Å². The van der Waals surface area contributed by atoms with Crippen molar-refractivity contribution >= 4 is 0 Å². The van der Waals surface area contributed by atoms with Crippen LogP contribution in [0.1, 0.15) is 59.4 Å². The van der Waals surface area contributed by atoms with Crippen LogP contribution < -0.4 is 0 Å². The van der Waals surface area contributed by atoms with Gasteiger partial charge in [0.2, 0.25) is 0 Å². The van der Waals surface area contributed by atoms with Gasteiger partial charge in [-0.3, -0.25) is 0 Å². The first kappa shape index (κ1) is 18.5. The van der Waals surface area contributed by atoms with Crippen LogP contribution in [-0.2, 0) is 15.9 Å². The summed E-state index contributed by atoms with van der Waals surface area (Å²) < 4.78 is 10.9. The highest BCUT2D eigenvalue weighted by molar-refractivity contribution is 5.44. The molecule has 0 fully saturated rings. The lowest BCUT2D eigenvalue weighted by atomic mass is 9.90. The number of aryl methyl sites for hydroxylation is 2. The minimum absolute atomic E-state index is 0.329. The summed E-state index contributed by atoms with van der Waals surface area (Å²) in [4.78, 5) is 0. The monoisotopic (exact) mass is 328 g/mol. The third-order valence-corrected chi connectivity index (χ3v) is 4.52. The Morgan fingerprint density at radius 3 is 2.00 bits per heavy atom. The summed E-state index contributed by atoms with van der Waals surface area (Å²) in [5.41, 5.74) is 7.09. The second kappa shape index (κ2) is 7.82. The van der Waals surface area contributed by atoms with Crippen LogP contribution in [0.2, 0.25) is 0 Å². The van der Waals surface area contributed by atoms with Gasteiger partial charge in [0.1, 0.15) is 5.75 Å². The predicted molar refractivity (Wildman–Crippen MR) is 97.7 cm³/mol. The minimum atomic E-state index is -0.339. The SMILES string of the molecule is COC(OC)c1ccc(Cc2c(C)cc(O)cc2C)cc1C(C)C. The molecule has 3 nitrogen and oxygen atoms in total. The molecule has 24 heavy (non-hydrogen) atoms. The molecule has 0 aromatic heterocycles. The van der Waals surface area contributed by atoms with E-state index in [-0.39, 0.29) is 6.29 Å². The zero-order chi connectivity index (χ0) is 17.9. The van der Waals surface area contributed by atoms with Gasteiger partial charge in [0.15, 0.2) is 6.29 Å². The van der Waals surface area contributed by atoms with Crippen molar-refractivity contribution in [1.29, 1.82) is 0 Å². The number of rotatable bonds is 6. The highest BCUT2D eigenvalue weighted by Gasteiger charge is 2.17. The maximum Gasteiger partial charge on any atom is 0.183 e. The van der Waals surface area contributed by atoms with Crippen molar-refractivity contribution in [2.75, 3.05) is 14.2 Å². The van der Waals surface area contributed by atoms with Gasteiger partial charge in [0.05, 0.1) is 0 Å². The molecule has 0 saturated carbocycles. The Morgan fingerprint density at radius 2 is 1.50 bits per heavy atom. The van der Waals surface area contributed by atoms with E-state index in [1.54, 1.807) is 14.2 Å². The predicted octanol–water partition coefficient (Wildman–Crippen LogP) is 5.01. The molecule has 0 aliphatic carbocycles. The number of ether oxygens (including phenoxy) is 2. The standard InChI is InChI=1S/C21H28O3/c1-13(2)19-11-16(7-8-18(19)21(23-5)24-6)12-20-14(3)9-17(22)10-15(20)4/h7-11,13,21-22H,12H2,1-6H3. The van der Waals surface area contributed by atoms with E-state index < -0.39 is 0 Å². The van der Waals surface area contributed by atoms with Crippen molar-refractivity contribution in [3.05, 3.63) is 63.7 Å². The van der Waals surface area contributed by atoms with E-state index >= 15 is 0 Å². The van der Waals surface area contributed by atoms with Crippen LogP contribution in [0.5, 0.6) is 5.75 Å². The molecule has 0 bridgehead atoms. The molecule has 0 saturated heterocycles. The van der Waals surface area contributed by atoms with Crippen molar-refractivity contribution in [2.45, 2.75) is 46.3 Å². The number of aromatic hydroxyl groups is 1. The lowest BCUT2D eigenvalue weighted by Crippen LogP contribution is -2.09. The molecule has 0 spiro atoms. The molecular formula is C21H28O3. The average molecular weight is 328 g/mol. The molecule has 2 rings (SSSR count). The first-order valence-corrected chi connectivity index (χ1v) is 8.34. The smallest absolute Gasteiger partial charge is 0.183 e. The highest BCUT2D eigenvalue weighted by atomic mass is 16.7. The first-order valence-electron chi connectivity index (χ1n) is 8.34. The number of hydrogen-bond acceptors (Lipinski definition) is 3. The lowest BCUT2D eigenvalue weighted by Gasteiger charge is -2.21. The maximum atomic E-state index is 9.73. The number of methoxy groups -OCH3 is 2. The van der Waals surface area contributed by atoms with Crippen LogP contribution in [0.15, 0.2) is 30.3 Å². The zero-order valence-electron chi connectivity index (χ0n) is 15.5. The van der Waals surface area contributed by atoms with Crippen LogP contribution in [0.4, 0.5) is 0 Å². The first-order chi connectivity index (χ1) is 11.4. The molecule has 1 N–H and O–H groups in total. The van der Waals surface area contributed by atoms with Gasteiger partial charge in [-0.25, -0.2) is 0 Å². The van der Waals surface area contributed by atoms with Gasteiger partial charge in [-0.1, -0.05) is 32.0 Å². The molecule has 2 aromatic rings. The Bertz CT molecular complexity index is 677. The van der Waals surface area contributed by atoms with Crippen molar-refractivity contribution in [1.82, 2.24) is 0 Å². The van der Waals surface area contributed by atoms with Gasteiger partial charge in [0, 0.05) is 19.8 Å². The Hall–Kier alpha value is -1.84. The molecule has 0 aliphatic heterocycles. The maximum absolute atomic E-state index is 9.73. The normalized spacial score (nSPS) is 11.5. The van der Waals surface area contributed by atoms with Crippen LogP contribution >= 0.6 is 0 Å². The summed E-state index contributed by atoms with van der Waals surface area (Å²) in [5, 5.41) is 9.73. The molecule has 130 valence electrons. The van der Waals surface area contributed by atoms with Crippen LogP contribution in [0.25, 0.3) is 0 Å². The topological polar surface area (TPSA) is 38.7 Å². The van der Waals surface area contributed by atoms with Crippen LogP contribution in [-0.4, -0.2) is 19.3 Å². The third kappa shape index (κ3) is 3.97. The Kier molecular flexibility index (Phi) is 6.03. The summed E-state index contributed by atoms with van der Waals surface area (Å²) >= 11 is 0. The second-order valence-electron chi connectivity index (χ2n) is 6.66. The van der Waals surface area contributed by atoms with E-state index in [2.05, 4.69) is 32.0 Å². The van der Waals surface area contributed by atoms with E-state index in [0.717, 1.165) is 23.1 Å². The van der Waals surface area contributed by atoms with Crippen LogP contribution in [0.3, 0.4) is 0 Å². The zero-order valence-corrected chi connectivity index (χ0v) is 15.5. The summed E-state index contributed by atoms with van der Waals surface area (Å²) in [6, 6.07) is 10.1. The van der Waals surface area contributed by atoms with E-state index in [0.29, 0.717) is 11.7 Å². The molecule has 0 heterocycles. The number of phenolic OH excluding ortho intramolecular Hbond substituents is 1. The molecule has 0 atom stereocenters. The molecule has 0 unspecified atom stereocenters. The number of hydrogen-bond donors (Lipinski definition) is 1. The van der Waals surface area contributed by atoms with E-state index in [4.69, 9.17) is 9.47 Å². The van der Waals surface area contributed by atoms with Gasteiger partial charge >= 0.3 is 0 Å². The summed E-state index contributed by atoms with van der Waals surface area (Å²) in [6.45, 7) is 8.46. The summed E-state index contributed by atoms with van der Waals surface area (Å²) in [6.07, 6.45) is 0.511. The van der Waals surface area contributed by atoms with Gasteiger partial charge < -0.3 is 14.6 Å². The van der Waals surface area contributed by atoms with Gasteiger partial charge in [-0.2, -0.15) is 0 Å². The van der Waals surface area contributed by atoms with E-state index in [1.807, 2.05) is 26.0 Å².